The highest BCUT2D eigenvalue weighted by Gasteiger charge is 2.14. The summed E-state index contributed by atoms with van der Waals surface area (Å²) in [4.78, 5) is 9.81. The highest BCUT2D eigenvalue weighted by molar-refractivity contribution is 5.74. The fourth-order valence-electron chi connectivity index (χ4n) is 0. The third-order valence-electron chi connectivity index (χ3n) is 6.63. The summed E-state index contributed by atoms with van der Waals surface area (Å²) in [5.74, 6) is 1.66. The number of allylic oxidation sites excluding steroid dienone is 2. The minimum atomic E-state index is 0. The summed E-state index contributed by atoms with van der Waals surface area (Å²) in [5.41, 5.74) is 23.8. The second kappa shape index (κ2) is 131. The maximum absolute atomic E-state index is 9.81. The minimum absolute atomic E-state index is 0. The Morgan fingerprint density at radius 1 is 0.438 bits per heavy atom. The van der Waals surface area contributed by atoms with Gasteiger partial charge in [-0.25, -0.2) is 0 Å². The van der Waals surface area contributed by atoms with E-state index in [0.29, 0.717) is 24.4 Å². The molecule has 0 saturated heterocycles. The largest absolute Gasteiger partial charge is 0.344 e. The lowest BCUT2D eigenvalue weighted by Crippen LogP contribution is -2.37. The smallest absolute Gasteiger partial charge is 0.129 e. The summed E-state index contributed by atoms with van der Waals surface area (Å²) in [6, 6.07) is 0.718. The van der Waals surface area contributed by atoms with Gasteiger partial charge in [-0.1, -0.05) is 261 Å². The Morgan fingerprint density at radius 3 is 0.516 bits per heavy atom. The molecule has 0 aromatic rings. The van der Waals surface area contributed by atoms with E-state index in [1.54, 1.807) is 6.92 Å². The molecule has 0 rings (SSSR count). The number of rotatable bonds is 9. The van der Waals surface area contributed by atoms with Crippen molar-refractivity contribution < 1.29 is 4.79 Å². The second-order valence-corrected chi connectivity index (χ2v) is 17.5. The molecule has 414 valence electrons. The van der Waals surface area contributed by atoms with Crippen LogP contribution < -0.4 is 41.4 Å². The molecule has 0 spiro atoms. The number of carbonyl (C=O) groups is 1. The molecule has 1 unspecified atom stereocenters. The van der Waals surface area contributed by atoms with Crippen LogP contribution in [0.5, 0.6) is 0 Å². The summed E-state index contributed by atoms with van der Waals surface area (Å²) in [5, 5.41) is 0. The van der Waals surface area contributed by atoms with Gasteiger partial charge >= 0.3 is 0 Å². The summed E-state index contributed by atoms with van der Waals surface area (Å²) < 4.78 is 0. The number of carbonyl (C=O) groups excluding carboxylic acids is 1. The molecule has 0 heterocycles. The van der Waals surface area contributed by atoms with E-state index in [4.69, 9.17) is 22.9 Å². The Kier molecular flexibility index (Phi) is 234. The Labute approximate surface area is 415 Å². The van der Waals surface area contributed by atoms with E-state index >= 15 is 0 Å². The van der Waals surface area contributed by atoms with Crippen molar-refractivity contribution in [2.75, 3.05) is 6.54 Å². The summed E-state index contributed by atoms with van der Waals surface area (Å²) in [6.07, 6.45) is 18.8. The molecule has 0 aliphatic heterocycles. The standard InChI is InChI=1S/C6H15N.C6H12.C4H11N.C4H8O.7C4H10.C3H9N.C3H8.C2H7N.3H3N/c1-5(2)6(3,4)7;1-5(2)6(3)4;2*1-3-4(2)5;1-4(2)3;6*1-3-4-2;1-3(2)4;1-3-2;1-2-3;;;/h5H,7H2,1-4H3;1-4H3;4H,3,5H2,1-2H3;3H2,1-2H3;4H,1-3H3;6*3-4H2,1-2H3;3H,4H2,1-2H3;3H2,1-2H3;2-3H2,1H3;3*1H3. The van der Waals surface area contributed by atoms with Crippen LogP contribution in [0.15, 0.2) is 11.1 Å². The van der Waals surface area contributed by atoms with Gasteiger partial charge in [0.05, 0.1) is 0 Å². The van der Waals surface area contributed by atoms with Crippen LogP contribution >= 0.6 is 0 Å². The van der Waals surface area contributed by atoms with Crippen LogP contribution in [0.1, 0.15) is 318 Å². The van der Waals surface area contributed by atoms with Gasteiger partial charge in [-0.2, -0.15) is 0 Å². The third kappa shape index (κ3) is 604. The first-order valence-electron chi connectivity index (χ1n) is 26.0. The van der Waals surface area contributed by atoms with E-state index in [-0.39, 0.29) is 29.8 Å². The quantitative estimate of drug-likeness (QED) is 0.110. The molecule has 0 radical (unpaired) electrons. The van der Waals surface area contributed by atoms with E-state index in [9.17, 15) is 4.79 Å². The first kappa shape index (κ1) is 115. The van der Waals surface area contributed by atoms with Crippen molar-refractivity contribution in [3.8, 4) is 0 Å². The van der Waals surface area contributed by atoms with E-state index in [1.165, 1.54) is 94.6 Å². The van der Waals surface area contributed by atoms with Crippen molar-refractivity contribution in [3.63, 3.8) is 0 Å². The summed E-state index contributed by atoms with van der Waals surface area (Å²) in [6.45, 7) is 67.8. The fraction of sp³-hybridized carbons (Fsp3) is 0.946. The lowest BCUT2D eigenvalue weighted by molar-refractivity contribution is -0.116. The van der Waals surface area contributed by atoms with Crippen LogP contribution in [0, 0.1) is 11.8 Å². The summed E-state index contributed by atoms with van der Waals surface area (Å²) >= 11 is 0. The van der Waals surface area contributed by atoms with E-state index in [1.807, 2.05) is 48.5 Å². The van der Waals surface area contributed by atoms with E-state index in [2.05, 4.69) is 166 Å². The lowest BCUT2D eigenvalue weighted by atomic mass is 9.92. The maximum Gasteiger partial charge on any atom is 0.129 e. The highest BCUT2D eigenvalue weighted by Crippen LogP contribution is 2.09. The van der Waals surface area contributed by atoms with Crippen molar-refractivity contribution in [2.45, 2.75) is 335 Å². The predicted octanol–water partition coefficient (Wildman–Crippen LogP) is 20.2. The molecule has 0 amide bonds. The highest BCUT2D eigenvalue weighted by atomic mass is 16.1. The van der Waals surface area contributed by atoms with Crippen LogP contribution in [-0.2, 0) is 4.79 Å². The molecular weight excluding hydrogens is 787 g/mol. The summed E-state index contributed by atoms with van der Waals surface area (Å²) in [7, 11) is 0. The SMILES string of the molecule is CC(C)=C(C)C.CC(C)C.CC(C)C(C)(C)N.CC(C)N.CCC.CCC(C)=O.CCC(C)N.CCCC.CCCC.CCCC.CCCC.CCCC.CCCC.CCN.N.N.N. The maximum atomic E-state index is 9.81. The fourth-order valence-corrected chi connectivity index (χ4v) is 0. The molecular formula is C56H149N7O. The first-order valence-corrected chi connectivity index (χ1v) is 26.0. The molecule has 0 aliphatic carbocycles. The predicted molar refractivity (Wildman–Crippen MR) is 317 cm³/mol. The molecule has 1 atom stereocenters. The van der Waals surface area contributed by atoms with Crippen LogP contribution in [0.25, 0.3) is 0 Å². The molecule has 0 aliphatic rings. The molecule has 0 fully saturated rings. The van der Waals surface area contributed by atoms with Gasteiger partial charge in [-0.05, 0) is 86.2 Å². The van der Waals surface area contributed by atoms with Gasteiger partial charge in [-0.3, -0.25) is 0 Å². The zero-order chi connectivity index (χ0) is 52.9. The van der Waals surface area contributed by atoms with Crippen molar-refractivity contribution in [1.82, 2.24) is 18.5 Å². The number of unbranched alkanes of at least 4 members (excludes halogenated alkanes) is 6. The Hall–Kier alpha value is -0.870. The first-order chi connectivity index (χ1) is 27.9. The van der Waals surface area contributed by atoms with Crippen LogP contribution in [0.3, 0.4) is 0 Å². The van der Waals surface area contributed by atoms with Crippen LogP contribution in [0.2, 0.25) is 0 Å². The van der Waals surface area contributed by atoms with Crippen molar-refractivity contribution in [3.05, 3.63) is 11.1 Å². The van der Waals surface area contributed by atoms with Gasteiger partial charge < -0.3 is 46.2 Å². The van der Waals surface area contributed by atoms with Gasteiger partial charge in [0.25, 0.3) is 0 Å². The van der Waals surface area contributed by atoms with Gasteiger partial charge in [0.2, 0.25) is 0 Å². The van der Waals surface area contributed by atoms with E-state index in [0.717, 1.165) is 18.9 Å². The zero-order valence-corrected chi connectivity index (χ0v) is 52.5. The normalized spacial score (nSPS) is 8.42. The number of Topliss-reactive ketones (excluding diaryl/α,β-unsaturated/α-hetero) is 1. The van der Waals surface area contributed by atoms with Gasteiger partial charge in [0.1, 0.15) is 5.78 Å². The van der Waals surface area contributed by atoms with E-state index < -0.39 is 0 Å². The average Bonchev–Trinajstić information content (AvgIpc) is 3.18. The minimum Gasteiger partial charge on any atom is -0.344 e. The van der Waals surface area contributed by atoms with Gasteiger partial charge in [0.15, 0.2) is 0 Å². The molecule has 0 saturated carbocycles. The van der Waals surface area contributed by atoms with Crippen LogP contribution in [-0.4, -0.2) is 30.0 Å². The third-order valence-corrected chi connectivity index (χ3v) is 6.63. The molecule has 8 heteroatoms. The van der Waals surface area contributed by atoms with Gasteiger partial charge in [-0.15, -0.1) is 0 Å². The van der Waals surface area contributed by atoms with Crippen molar-refractivity contribution in [2.24, 2.45) is 34.8 Å². The number of nitrogens with two attached hydrogens (primary N) is 4. The molecule has 8 nitrogen and oxygen atoms in total. The molecule has 64 heavy (non-hydrogen) atoms. The zero-order valence-electron chi connectivity index (χ0n) is 52.5. The molecule has 0 aromatic carbocycles. The molecule has 0 bridgehead atoms. The average molecular weight is 937 g/mol. The van der Waals surface area contributed by atoms with Crippen LogP contribution in [0.4, 0.5) is 0 Å². The van der Waals surface area contributed by atoms with Crippen molar-refractivity contribution in [1.29, 1.82) is 0 Å². The number of ketones is 1. The monoisotopic (exact) mass is 936 g/mol. The molecule has 17 N–H and O–H groups in total. The Balaban J connectivity index is -0.0000000248. The molecule has 0 aromatic heterocycles. The number of hydrogen-bond donors (Lipinski definition) is 7. The topological polar surface area (TPSA) is 226 Å². The lowest BCUT2D eigenvalue weighted by Gasteiger charge is -2.22. The Morgan fingerprint density at radius 2 is 0.516 bits per heavy atom. The number of hydrogen-bond acceptors (Lipinski definition) is 8. The Bertz CT molecular complexity index is 514. The second-order valence-electron chi connectivity index (χ2n) is 17.5. The van der Waals surface area contributed by atoms with Gasteiger partial charge in [0, 0.05) is 18.0 Å². The van der Waals surface area contributed by atoms with Crippen molar-refractivity contribution >= 4 is 5.78 Å².